The van der Waals surface area contributed by atoms with Crippen LogP contribution in [0.25, 0.3) is 0 Å². The zero-order valence-electron chi connectivity index (χ0n) is 15.1. The molecule has 1 amide bonds. The van der Waals surface area contributed by atoms with E-state index >= 15 is 0 Å². The number of carbonyl (C=O) groups excluding carboxylic acids is 1. The van der Waals surface area contributed by atoms with Gasteiger partial charge in [0.05, 0.1) is 4.92 Å². The van der Waals surface area contributed by atoms with Crippen LogP contribution in [0.2, 0.25) is 0 Å². The third-order valence-electron chi connectivity index (χ3n) is 3.31. The van der Waals surface area contributed by atoms with Gasteiger partial charge in [-0.2, -0.15) is 0 Å². The van der Waals surface area contributed by atoms with Crippen molar-refractivity contribution in [3.63, 3.8) is 0 Å². The standard InChI is InChI=1S/C17H26BrN3O4/c1-12(8-5-6-11-19-16(22)25-17(2,3)4)20-15-13(18)9-7-10-14(15)21(23)24/h7,9-10,12,20H,5-6,8,11H2,1-4H3,(H,19,22)/t12-/m0/s1. The molecular formula is C17H26BrN3O4. The molecule has 2 N–H and O–H groups in total. The number of carbonyl (C=O) groups is 1. The Labute approximate surface area is 156 Å². The predicted octanol–water partition coefficient (Wildman–Crippen LogP) is 4.85. The van der Waals surface area contributed by atoms with Gasteiger partial charge in [-0.15, -0.1) is 0 Å². The van der Waals surface area contributed by atoms with Gasteiger partial charge in [-0.25, -0.2) is 4.79 Å². The van der Waals surface area contributed by atoms with Crippen molar-refractivity contribution in [1.29, 1.82) is 0 Å². The first kappa shape index (κ1) is 21.2. The molecule has 25 heavy (non-hydrogen) atoms. The fraction of sp³-hybridized carbons (Fsp3) is 0.588. The number of ether oxygens (including phenoxy) is 1. The predicted molar refractivity (Wildman–Crippen MR) is 102 cm³/mol. The van der Waals surface area contributed by atoms with Gasteiger partial charge in [0, 0.05) is 23.1 Å². The van der Waals surface area contributed by atoms with Gasteiger partial charge in [0.2, 0.25) is 0 Å². The molecule has 1 aromatic carbocycles. The molecule has 0 unspecified atom stereocenters. The molecule has 1 rings (SSSR count). The van der Waals surface area contributed by atoms with Crippen molar-refractivity contribution in [1.82, 2.24) is 5.32 Å². The molecule has 0 aliphatic carbocycles. The Kier molecular flexibility index (Phi) is 8.15. The Morgan fingerprint density at radius 2 is 2.04 bits per heavy atom. The molecule has 0 heterocycles. The van der Waals surface area contributed by atoms with Gasteiger partial charge in [-0.05, 0) is 69.0 Å². The van der Waals surface area contributed by atoms with Crippen LogP contribution in [0.1, 0.15) is 47.0 Å². The highest BCUT2D eigenvalue weighted by atomic mass is 79.9. The second kappa shape index (κ2) is 9.60. The van der Waals surface area contributed by atoms with Crippen LogP contribution in [0, 0.1) is 10.1 Å². The van der Waals surface area contributed by atoms with Crippen LogP contribution in [-0.2, 0) is 4.74 Å². The second-order valence-electron chi connectivity index (χ2n) is 6.86. The summed E-state index contributed by atoms with van der Waals surface area (Å²) < 4.78 is 5.83. The minimum Gasteiger partial charge on any atom is -0.444 e. The highest BCUT2D eigenvalue weighted by molar-refractivity contribution is 9.10. The zero-order valence-corrected chi connectivity index (χ0v) is 16.7. The van der Waals surface area contributed by atoms with Crippen LogP contribution < -0.4 is 10.6 Å². The number of nitrogens with zero attached hydrogens (tertiary/aromatic N) is 1. The van der Waals surface area contributed by atoms with Crippen molar-refractivity contribution in [2.75, 3.05) is 11.9 Å². The van der Waals surface area contributed by atoms with E-state index in [0.717, 1.165) is 19.3 Å². The SMILES string of the molecule is C[C@@H](CCCCNC(=O)OC(C)(C)C)Nc1c(Br)cccc1[N+](=O)[O-]. The molecule has 0 saturated heterocycles. The first-order valence-corrected chi connectivity index (χ1v) is 9.05. The molecule has 7 nitrogen and oxygen atoms in total. The second-order valence-corrected chi connectivity index (χ2v) is 7.72. The van der Waals surface area contributed by atoms with E-state index in [1.165, 1.54) is 6.07 Å². The van der Waals surface area contributed by atoms with Crippen molar-refractivity contribution >= 4 is 33.4 Å². The fourth-order valence-electron chi connectivity index (χ4n) is 2.21. The third-order valence-corrected chi connectivity index (χ3v) is 3.97. The number of benzene rings is 1. The lowest BCUT2D eigenvalue weighted by Gasteiger charge is -2.20. The summed E-state index contributed by atoms with van der Waals surface area (Å²) in [5.74, 6) is 0. The lowest BCUT2D eigenvalue weighted by Crippen LogP contribution is -2.33. The molecule has 0 fully saturated rings. The number of para-hydroxylation sites is 1. The Morgan fingerprint density at radius 3 is 2.64 bits per heavy atom. The highest BCUT2D eigenvalue weighted by Gasteiger charge is 2.18. The molecule has 0 aromatic heterocycles. The number of rotatable bonds is 8. The minimum absolute atomic E-state index is 0.0489. The van der Waals surface area contributed by atoms with Crippen molar-refractivity contribution < 1.29 is 14.5 Å². The van der Waals surface area contributed by atoms with Crippen molar-refractivity contribution in [2.24, 2.45) is 0 Å². The molecule has 1 atom stereocenters. The van der Waals surface area contributed by atoms with Crippen LogP contribution in [0.5, 0.6) is 0 Å². The number of alkyl carbamates (subject to hydrolysis) is 1. The molecule has 140 valence electrons. The number of nitro benzene ring substituents is 1. The molecular weight excluding hydrogens is 390 g/mol. The quantitative estimate of drug-likeness (QED) is 0.359. The fourth-order valence-corrected chi connectivity index (χ4v) is 2.68. The van der Waals surface area contributed by atoms with Gasteiger partial charge < -0.3 is 15.4 Å². The van der Waals surface area contributed by atoms with Crippen molar-refractivity contribution in [3.8, 4) is 0 Å². The number of unbranched alkanes of at least 4 members (excludes halogenated alkanes) is 1. The molecule has 0 spiro atoms. The monoisotopic (exact) mass is 415 g/mol. The molecule has 0 radical (unpaired) electrons. The van der Waals surface area contributed by atoms with Gasteiger partial charge in [0.25, 0.3) is 5.69 Å². The number of halogens is 1. The Bertz CT molecular complexity index is 602. The summed E-state index contributed by atoms with van der Waals surface area (Å²) in [6.07, 6.45) is 2.10. The van der Waals surface area contributed by atoms with Crippen molar-refractivity contribution in [2.45, 2.75) is 58.6 Å². The zero-order chi connectivity index (χ0) is 19.0. The molecule has 0 saturated carbocycles. The number of amides is 1. The maximum atomic E-state index is 11.5. The molecule has 1 aromatic rings. The van der Waals surface area contributed by atoms with E-state index in [1.54, 1.807) is 12.1 Å². The van der Waals surface area contributed by atoms with E-state index in [4.69, 9.17) is 4.74 Å². The average molecular weight is 416 g/mol. The largest absolute Gasteiger partial charge is 0.444 e. The topological polar surface area (TPSA) is 93.5 Å². The first-order valence-electron chi connectivity index (χ1n) is 8.26. The maximum Gasteiger partial charge on any atom is 0.407 e. The molecule has 0 aliphatic heterocycles. The van der Waals surface area contributed by atoms with Gasteiger partial charge in [0.1, 0.15) is 11.3 Å². The van der Waals surface area contributed by atoms with Crippen LogP contribution in [0.15, 0.2) is 22.7 Å². The number of hydrogen-bond donors (Lipinski definition) is 2. The van der Waals surface area contributed by atoms with E-state index in [1.807, 2.05) is 27.7 Å². The Hall–Kier alpha value is -1.83. The van der Waals surface area contributed by atoms with E-state index in [0.29, 0.717) is 16.7 Å². The maximum absolute atomic E-state index is 11.5. The third kappa shape index (κ3) is 8.20. The van der Waals surface area contributed by atoms with E-state index < -0.39 is 16.6 Å². The minimum atomic E-state index is -0.500. The van der Waals surface area contributed by atoms with Crippen LogP contribution in [0.4, 0.5) is 16.2 Å². The summed E-state index contributed by atoms with van der Waals surface area (Å²) in [5, 5.41) is 17.0. The summed E-state index contributed by atoms with van der Waals surface area (Å²) in [7, 11) is 0. The Balaban J connectivity index is 2.36. The van der Waals surface area contributed by atoms with Crippen LogP contribution >= 0.6 is 15.9 Å². The number of nitrogens with one attached hydrogen (secondary N) is 2. The Morgan fingerprint density at radius 1 is 1.36 bits per heavy atom. The average Bonchev–Trinajstić information content (AvgIpc) is 2.46. The van der Waals surface area contributed by atoms with Gasteiger partial charge in [-0.1, -0.05) is 6.07 Å². The van der Waals surface area contributed by atoms with Crippen LogP contribution in [-0.4, -0.2) is 29.2 Å². The smallest absolute Gasteiger partial charge is 0.407 e. The van der Waals surface area contributed by atoms with Crippen molar-refractivity contribution in [3.05, 3.63) is 32.8 Å². The van der Waals surface area contributed by atoms with Gasteiger partial charge >= 0.3 is 6.09 Å². The van der Waals surface area contributed by atoms with Gasteiger partial charge in [-0.3, -0.25) is 10.1 Å². The lowest BCUT2D eigenvalue weighted by atomic mass is 10.1. The molecule has 0 bridgehead atoms. The molecule has 8 heteroatoms. The summed E-state index contributed by atoms with van der Waals surface area (Å²) in [5.41, 5.74) is 0.0417. The first-order chi connectivity index (χ1) is 11.6. The van der Waals surface area contributed by atoms with E-state index in [9.17, 15) is 14.9 Å². The van der Waals surface area contributed by atoms with Gasteiger partial charge in [0.15, 0.2) is 0 Å². The summed E-state index contributed by atoms with van der Waals surface area (Å²) in [4.78, 5) is 22.2. The normalized spacial score (nSPS) is 12.4. The number of nitro groups is 1. The molecule has 0 aliphatic rings. The summed E-state index contributed by atoms with van der Waals surface area (Å²) in [6.45, 7) is 7.98. The lowest BCUT2D eigenvalue weighted by molar-refractivity contribution is -0.384. The van der Waals surface area contributed by atoms with E-state index in [-0.39, 0.29) is 11.7 Å². The number of anilines is 1. The summed E-state index contributed by atoms with van der Waals surface area (Å²) in [6, 6.07) is 4.96. The van der Waals surface area contributed by atoms with E-state index in [2.05, 4.69) is 26.6 Å². The summed E-state index contributed by atoms with van der Waals surface area (Å²) >= 11 is 3.35. The highest BCUT2D eigenvalue weighted by Crippen LogP contribution is 2.33. The number of hydrogen-bond acceptors (Lipinski definition) is 5. The van der Waals surface area contributed by atoms with Crippen LogP contribution in [0.3, 0.4) is 0 Å².